The molecule has 0 aromatic heterocycles. The summed E-state index contributed by atoms with van der Waals surface area (Å²) in [4.78, 5) is 2.20. The average Bonchev–Trinajstić information content (AvgIpc) is 2.47. The van der Waals surface area contributed by atoms with Crippen LogP contribution in [-0.4, -0.2) is 13.6 Å². The highest BCUT2D eigenvalue weighted by molar-refractivity contribution is 5.66. The molecule has 0 unspecified atom stereocenters. The minimum Gasteiger partial charge on any atom is -0.375 e. The molecule has 0 saturated heterocycles. The molecule has 0 aliphatic rings. The molecular formula is C16H16N2. The smallest absolute Gasteiger partial charge is 0.0991 e. The van der Waals surface area contributed by atoms with Gasteiger partial charge >= 0.3 is 0 Å². The number of nitrogens with zero attached hydrogens (tertiary/aromatic N) is 2. The second kappa shape index (κ2) is 5.37. The molecule has 2 aromatic rings. The van der Waals surface area contributed by atoms with Crippen molar-refractivity contribution >= 4 is 5.69 Å². The zero-order valence-electron chi connectivity index (χ0n) is 10.7. The summed E-state index contributed by atoms with van der Waals surface area (Å²) in [5.74, 6) is 0. The Balaban J connectivity index is 2.26. The van der Waals surface area contributed by atoms with E-state index in [1.165, 1.54) is 11.3 Å². The lowest BCUT2D eigenvalue weighted by Gasteiger charge is -2.16. The van der Waals surface area contributed by atoms with E-state index in [4.69, 9.17) is 5.26 Å². The second-order valence-corrected chi connectivity index (χ2v) is 4.25. The SMILES string of the molecule is CCN(C)c1ccc(-c2ccc(C#N)cc2)cc1. The minimum atomic E-state index is 0.695. The maximum absolute atomic E-state index is 8.77. The van der Waals surface area contributed by atoms with Crippen LogP contribution in [0.2, 0.25) is 0 Å². The van der Waals surface area contributed by atoms with Gasteiger partial charge in [-0.05, 0) is 42.3 Å². The molecule has 18 heavy (non-hydrogen) atoms. The monoisotopic (exact) mass is 236 g/mol. The summed E-state index contributed by atoms with van der Waals surface area (Å²) in [7, 11) is 2.08. The van der Waals surface area contributed by atoms with Gasteiger partial charge in [0.05, 0.1) is 11.6 Å². The lowest BCUT2D eigenvalue weighted by molar-refractivity contribution is 0.968. The van der Waals surface area contributed by atoms with Gasteiger partial charge in [-0.25, -0.2) is 0 Å². The lowest BCUT2D eigenvalue weighted by Crippen LogP contribution is -2.15. The summed E-state index contributed by atoms with van der Waals surface area (Å²) in [6.45, 7) is 3.13. The van der Waals surface area contributed by atoms with Crippen LogP contribution in [0, 0.1) is 11.3 Å². The maximum Gasteiger partial charge on any atom is 0.0991 e. The number of anilines is 1. The number of rotatable bonds is 3. The Hall–Kier alpha value is -2.27. The van der Waals surface area contributed by atoms with Crippen molar-refractivity contribution in [3.05, 3.63) is 54.1 Å². The van der Waals surface area contributed by atoms with Crippen LogP contribution >= 0.6 is 0 Å². The third-order valence-electron chi connectivity index (χ3n) is 3.13. The highest BCUT2D eigenvalue weighted by atomic mass is 15.1. The zero-order chi connectivity index (χ0) is 13.0. The van der Waals surface area contributed by atoms with E-state index < -0.39 is 0 Å². The minimum absolute atomic E-state index is 0.695. The molecule has 0 aliphatic carbocycles. The van der Waals surface area contributed by atoms with Crippen molar-refractivity contribution in [2.45, 2.75) is 6.92 Å². The Kier molecular flexibility index (Phi) is 3.64. The molecule has 0 atom stereocenters. The van der Waals surface area contributed by atoms with Crippen molar-refractivity contribution in [3.63, 3.8) is 0 Å². The van der Waals surface area contributed by atoms with Crippen molar-refractivity contribution in [1.29, 1.82) is 5.26 Å². The van der Waals surface area contributed by atoms with E-state index in [2.05, 4.69) is 49.2 Å². The van der Waals surface area contributed by atoms with Crippen LogP contribution in [0.15, 0.2) is 48.5 Å². The van der Waals surface area contributed by atoms with Gasteiger partial charge in [0.2, 0.25) is 0 Å². The van der Waals surface area contributed by atoms with E-state index >= 15 is 0 Å². The van der Waals surface area contributed by atoms with Gasteiger partial charge in [-0.15, -0.1) is 0 Å². The van der Waals surface area contributed by atoms with Crippen molar-refractivity contribution < 1.29 is 0 Å². The Labute approximate surface area is 108 Å². The molecule has 2 rings (SSSR count). The Morgan fingerprint density at radius 1 is 0.944 bits per heavy atom. The van der Waals surface area contributed by atoms with Crippen molar-refractivity contribution in [2.75, 3.05) is 18.5 Å². The fraction of sp³-hybridized carbons (Fsp3) is 0.188. The van der Waals surface area contributed by atoms with E-state index in [1.807, 2.05) is 24.3 Å². The Morgan fingerprint density at radius 2 is 1.44 bits per heavy atom. The first-order valence-corrected chi connectivity index (χ1v) is 6.06. The molecule has 0 bridgehead atoms. The van der Waals surface area contributed by atoms with Gasteiger partial charge in [0.15, 0.2) is 0 Å². The zero-order valence-corrected chi connectivity index (χ0v) is 10.7. The molecule has 0 amide bonds. The van der Waals surface area contributed by atoms with E-state index in [1.54, 1.807) is 0 Å². The van der Waals surface area contributed by atoms with Crippen molar-refractivity contribution in [2.24, 2.45) is 0 Å². The maximum atomic E-state index is 8.77. The third-order valence-corrected chi connectivity index (χ3v) is 3.13. The topological polar surface area (TPSA) is 27.0 Å². The molecule has 0 N–H and O–H groups in total. The fourth-order valence-corrected chi connectivity index (χ4v) is 1.83. The molecule has 0 aliphatic heterocycles. The van der Waals surface area contributed by atoms with Gasteiger partial charge in [-0.2, -0.15) is 5.26 Å². The molecule has 0 saturated carbocycles. The molecule has 2 heteroatoms. The standard InChI is InChI=1S/C16H16N2/c1-3-18(2)16-10-8-15(9-11-16)14-6-4-13(12-17)5-7-14/h4-11H,3H2,1-2H3. The summed E-state index contributed by atoms with van der Waals surface area (Å²) < 4.78 is 0. The lowest BCUT2D eigenvalue weighted by atomic mass is 10.0. The van der Waals surface area contributed by atoms with Crippen LogP contribution in [0.25, 0.3) is 11.1 Å². The van der Waals surface area contributed by atoms with E-state index in [9.17, 15) is 0 Å². The normalized spacial score (nSPS) is 9.83. The quantitative estimate of drug-likeness (QED) is 0.812. The third kappa shape index (κ3) is 2.52. The molecule has 90 valence electrons. The number of nitriles is 1. The van der Waals surface area contributed by atoms with Gasteiger partial charge in [-0.3, -0.25) is 0 Å². The van der Waals surface area contributed by atoms with Gasteiger partial charge in [-0.1, -0.05) is 24.3 Å². The molecule has 2 aromatic carbocycles. The largest absolute Gasteiger partial charge is 0.375 e. The van der Waals surface area contributed by atoms with Crippen LogP contribution in [0.1, 0.15) is 12.5 Å². The predicted octanol–water partition coefficient (Wildman–Crippen LogP) is 3.68. The van der Waals surface area contributed by atoms with E-state index in [-0.39, 0.29) is 0 Å². The van der Waals surface area contributed by atoms with Crippen molar-refractivity contribution in [1.82, 2.24) is 0 Å². The van der Waals surface area contributed by atoms with Crippen LogP contribution in [-0.2, 0) is 0 Å². The first-order valence-electron chi connectivity index (χ1n) is 6.06. The van der Waals surface area contributed by atoms with Crippen LogP contribution < -0.4 is 4.90 Å². The summed E-state index contributed by atoms with van der Waals surface area (Å²) >= 11 is 0. The van der Waals surface area contributed by atoms with Gasteiger partial charge in [0, 0.05) is 19.3 Å². The van der Waals surface area contributed by atoms with Crippen LogP contribution in [0.5, 0.6) is 0 Å². The van der Waals surface area contributed by atoms with Crippen molar-refractivity contribution in [3.8, 4) is 17.2 Å². The van der Waals surface area contributed by atoms with E-state index in [0.717, 1.165) is 12.1 Å². The molecule has 0 fully saturated rings. The summed E-state index contributed by atoms with van der Waals surface area (Å²) in [6, 6.07) is 18.3. The fourth-order valence-electron chi connectivity index (χ4n) is 1.83. The molecular weight excluding hydrogens is 220 g/mol. The first kappa shape index (κ1) is 12.2. The molecule has 0 spiro atoms. The number of hydrogen-bond acceptors (Lipinski definition) is 2. The summed E-state index contributed by atoms with van der Waals surface area (Å²) in [5, 5.41) is 8.77. The van der Waals surface area contributed by atoms with E-state index in [0.29, 0.717) is 5.56 Å². The van der Waals surface area contributed by atoms with Gasteiger partial charge in [0.1, 0.15) is 0 Å². The predicted molar refractivity (Wildman–Crippen MR) is 75.5 cm³/mol. The number of benzene rings is 2. The molecule has 2 nitrogen and oxygen atoms in total. The van der Waals surface area contributed by atoms with Crippen LogP contribution in [0.3, 0.4) is 0 Å². The first-order chi connectivity index (χ1) is 8.74. The Bertz CT molecular complexity index is 547. The second-order valence-electron chi connectivity index (χ2n) is 4.25. The van der Waals surface area contributed by atoms with Crippen LogP contribution in [0.4, 0.5) is 5.69 Å². The van der Waals surface area contributed by atoms with Gasteiger partial charge < -0.3 is 4.90 Å². The summed E-state index contributed by atoms with van der Waals surface area (Å²) in [6.07, 6.45) is 0. The van der Waals surface area contributed by atoms with Gasteiger partial charge in [0.25, 0.3) is 0 Å². The highest BCUT2D eigenvalue weighted by Gasteiger charge is 2.00. The molecule has 0 heterocycles. The molecule has 0 radical (unpaired) electrons. The number of hydrogen-bond donors (Lipinski definition) is 0. The average molecular weight is 236 g/mol. The summed E-state index contributed by atoms with van der Waals surface area (Å²) in [5.41, 5.74) is 4.23. The highest BCUT2D eigenvalue weighted by Crippen LogP contribution is 2.22. The Morgan fingerprint density at radius 3 is 1.89 bits per heavy atom.